The number of carbonyl (C=O) groups is 1. The van der Waals surface area contributed by atoms with Crippen molar-refractivity contribution in [2.75, 3.05) is 15.4 Å². The molecule has 0 heterocycles. The van der Waals surface area contributed by atoms with Crippen molar-refractivity contribution in [2.45, 2.75) is 18.0 Å². The average Bonchev–Trinajstić information content (AvgIpc) is 2.69. The molecule has 3 aromatic rings. The van der Waals surface area contributed by atoms with Crippen LogP contribution in [-0.2, 0) is 16.2 Å². The van der Waals surface area contributed by atoms with Gasteiger partial charge in [-0.15, -0.1) is 0 Å². The fourth-order valence-electron chi connectivity index (χ4n) is 2.75. The molecule has 0 aliphatic carbocycles. The highest BCUT2D eigenvalue weighted by molar-refractivity contribution is 7.92. The lowest BCUT2D eigenvalue weighted by Gasteiger charge is -2.13. The molecule has 162 valence electrons. The lowest BCUT2D eigenvalue weighted by Crippen LogP contribution is -2.20. The summed E-state index contributed by atoms with van der Waals surface area (Å²) in [4.78, 5) is 12.2. The van der Waals surface area contributed by atoms with E-state index in [1.165, 1.54) is 30.3 Å². The summed E-state index contributed by atoms with van der Waals surface area (Å²) in [5.74, 6) is 0. The monoisotopic (exact) mass is 449 g/mol. The van der Waals surface area contributed by atoms with Crippen LogP contribution in [0.1, 0.15) is 11.1 Å². The van der Waals surface area contributed by atoms with Crippen LogP contribution in [0.2, 0.25) is 0 Å². The van der Waals surface area contributed by atoms with E-state index in [1.54, 1.807) is 37.3 Å². The van der Waals surface area contributed by atoms with Crippen molar-refractivity contribution in [1.29, 1.82) is 0 Å². The molecular weight excluding hydrogens is 431 g/mol. The van der Waals surface area contributed by atoms with E-state index in [0.717, 1.165) is 12.1 Å². The Morgan fingerprint density at radius 3 is 2.06 bits per heavy atom. The van der Waals surface area contributed by atoms with Crippen LogP contribution in [0.5, 0.6) is 0 Å². The van der Waals surface area contributed by atoms with Crippen LogP contribution in [0.4, 0.5) is 35.0 Å². The molecule has 3 rings (SSSR count). The first-order valence-electron chi connectivity index (χ1n) is 8.98. The summed E-state index contributed by atoms with van der Waals surface area (Å²) in [6.45, 7) is 1.60. The molecule has 6 nitrogen and oxygen atoms in total. The van der Waals surface area contributed by atoms with Crippen LogP contribution < -0.4 is 15.4 Å². The van der Waals surface area contributed by atoms with Gasteiger partial charge in [0.15, 0.2) is 0 Å². The van der Waals surface area contributed by atoms with E-state index < -0.39 is 27.8 Å². The number of halogens is 3. The summed E-state index contributed by atoms with van der Waals surface area (Å²) in [7, 11) is -3.93. The molecule has 10 heteroatoms. The van der Waals surface area contributed by atoms with Crippen LogP contribution in [0, 0.1) is 6.92 Å². The molecule has 0 spiro atoms. The van der Waals surface area contributed by atoms with Crippen LogP contribution in [0.15, 0.2) is 77.7 Å². The zero-order valence-corrected chi connectivity index (χ0v) is 17.0. The lowest BCUT2D eigenvalue weighted by molar-refractivity contribution is -0.137. The third kappa shape index (κ3) is 5.76. The fraction of sp³-hybridized carbons (Fsp3) is 0.0952. The molecule has 3 aromatic carbocycles. The molecule has 0 saturated heterocycles. The Labute approximate surface area is 177 Å². The van der Waals surface area contributed by atoms with E-state index in [9.17, 15) is 26.4 Å². The first kappa shape index (κ1) is 22.2. The number of aryl methyl sites for hydroxylation is 1. The molecule has 0 aliphatic heterocycles. The zero-order valence-electron chi connectivity index (χ0n) is 16.2. The number of anilines is 3. The van der Waals surface area contributed by atoms with Gasteiger partial charge in [-0.3, -0.25) is 4.72 Å². The van der Waals surface area contributed by atoms with Crippen LogP contribution >= 0.6 is 0 Å². The number of hydrogen-bond acceptors (Lipinski definition) is 3. The highest BCUT2D eigenvalue weighted by atomic mass is 32.2. The number of hydrogen-bond donors (Lipinski definition) is 3. The third-order valence-corrected chi connectivity index (χ3v) is 5.73. The lowest BCUT2D eigenvalue weighted by atomic mass is 10.2. The van der Waals surface area contributed by atoms with E-state index in [1.807, 2.05) is 0 Å². The fourth-order valence-corrected chi connectivity index (χ4v) is 4.08. The van der Waals surface area contributed by atoms with Gasteiger partial charge in [0.2, 0.25) is 0 Å². The predicted octanol–water partition coefficient (Wildman–Crippen LogP) is 5.46. The number of urea groups is 1. The first-order valence-corrected chi connectivity index (χ1v) is 10.5. The van der Waals surface area contributed by atoms with Gasteiger partial charge < -0.3 is 10.6 Å². The number of alkyl halides is 3. The number of rotatable bonds is 5. The summed E-state index contributed by atoms with van der Waals surface area (Å²) in [6, 6.07) is 15.9. The van der Waals surface area contributed by atoms with E-state index in [-0.39, 0.29) is 16.3 Å². The van der Waals surface area contributed by atoms with E-state index in [0.29, 0.717) is 11.3 Å². The molecule has 31 heavy (non-hydrogen) atoms. The minimum Gasteiger partial charge on any atom is -0.308 e. The van der Waals surface area contributed by atoms with Crippen molar-refractivity contribution in [3.05, 3.63) is 83.9 Å². The van der Waals surface area contributed by atoms with E-state index >= 15 is 0 Å². The summed E-state index contributed by atoms with van der Waals surface area (Å²) in [5, 5.41) is 4.73. The number of sulfonamides is 1. The molecule has 2 amide bonds. The summed E-state index contributed by atoms with van der Waals surface area (Å²) < 4.78 is 66.4. The van der Waals surface area contributed by atoms with Crippen molar-refractivity contribution in [3.8, 4) is 0 Å². The molecular formula is C21H18F3N3O3S. The summed E-state index contributed by atoms with van der Waals surface area (Å²) >= 11 is 0. The van der Waals surface area contributed by atoms with Crippen molar-refractivity contribution in [3.63, 3.8) is 0 Å². The number of amides is 2. The van der Waals surface area contributed by atoms with E-state index in [4.69, 9.17) is 0 Å². The first-order chi connectivity index (χ1) is 14.5. The maximum Gasteiger partial charge on any atom is 0.416 e. The molecule has 0 aliphatic rings. The Hall–Kier alpha value is -3.53. The van der Waals surface area contributed by atoms with Gasteiger partial charge in [-0.2, -0.15) is 13.2 Å². The van der Waals surface area contributed by atoms with Gasteiger partial charge in [-0.25, -0.2) is 13.2 Å². The predicted molar refractivity (Wildman–Crippen MR) is 113 cm³/mol. The summed E-state index contributed by atoms with van der Waals surface area (Å²) in [6.07, 6.45) is -4.54. The molecule has 0 saturated carbocycles. The Bertz CT molecular complexity index is 1200. The second kappa shape index (κ2) is 8.68. The van der Waals surface area contributed by atoms with Crippen molar-refractivity contribution < 1.29 is 26.4 Å². The Kier molecular flexibility index (Phi) is 6.21. The maximum atomic E-state index is 12.8. The minimum absolute atomic E-state index is 0.0479. The van der Waals surface area contributed by atoms with Crippen molar-refractivity contribution in [2.24, 2.45) is 0 Å². The Morgan fingerprint density at radius 1 is 0.806 bits per heavy atom. The molecule has 0 aromatic heterocycles. The molecule has 0 fully saturated rings. The quantitative estimate of drug-likeness (QED) is 0.484. The Balaban J connectivity index is 1.77. The SMILES string of the molecule is Cc1ccc(NC(=O)Nc2cccc(C(F)(F)F)c2)cc1S(=O)(=O)Nc1ccccc1. The van der Waals surface area contributed by atoms with Gasteiger partial charge in [0.1, 0.15) is 0 Å². The number of carbonyl (C=O) groups excluding carboxylic acids is 1. The normalized spacial score (nSPS) is 11.6. The maximum absolute atomic E-state index is 12.8. The topological polar surface area (TPSA) is 87.3 Å². The number of benzene rings is 3. The third-order valence-electron chi connectivity index (χ3n) is 4.21. The largest absolute Gasteiger partial charge is 0.416 e. The van der Waals surface area contributed by atoms with Crippen LogP contribution in [0.25, 0.3) is 0 Å². The summed E-state index contributed by atoms with van der Waals surface area (Å²) in [5.41, 5.74) is 0.0253. The van der Waals surface area contributed by atoms with Gasteiger partial charge in [-0.1, -0.05) is 30.3 Å². The van der Waals surface area contributed by atoms with Gasteiger partial charge in [-0.05, 0) is 55.0 Å². The molecule has 0 radical (unpaired) electrons. The van der Waals surface area contributed by atoms with Crippen molar-refractivity contribution in [1.82, 2.24) is 0 Å². The number of para-hydroxylation sites is 1. The average molecular weight is 449 g/mol. The highest BCUT2D eigenvalue weighted by Gasteiger charge is 2.30. The number of nitrogens with one attached hydrogen (secondary N) is 3. The van der Waals surface area contributed by atoms with Gasteiger partial charge in [0.05, 0.1) is 10.5 Å². The van der Waals surface area contributed by atoms with Crippen LogP contribution in [0.3, 0.4) is 0 Å². The van der Waals surface area contributed by atoms with Gasteiger partial charge >= 0.3 is 12.2 Å². The minimum atomic E-state index is -4.54. The zero-order chi connectivity index (χ0) is 22.6. The molecule has 0 bridgehead atoms. The van der Waals surface area contributed by atoms with Gasteiger partial charge in [0.25, 0.3) is 10.0 Å². The van der Waals surface area contributed by atoms with E-state index in [2.05, 4.69) is 15.4 Å². The second-order valence-electron chi connectivity index (χ2n) is 6.61. The molecule has 0 atom stereocenters. The molecule has 0 unspecified atom stereocenters. The Morgan fingerprint density at radius 2 is 1.42 bits per heavy atom. The smallest absolute Gasteiger partial charge is 0.308 e. The van der Waals surface area contributed by atoms with Gasteiger partial charge in [0, 0.05) is 17.1 Å². The highest BCUT2D eigenvalue weighted by Crippen LogP contribution is 2.30. The van der Waals surface area contributed by atoms with Crippen LogP contribution in [-0.4, -0.2) is 14.4 Å². The molecule has 3 N–H and O–H groups in total. The second-order valence-corrected chi connectivity index (χ2v) is 8.26. The van der Waals surface area contributed by atoms with Crippen molar-refractivity contribution >= 4 is 33.1 Å². The standard InChI is InChI=1S/C21H18F3N3O3S/c1-14-10-11-18(13-19(14)31(29,30)27-16-7-3-2-4-8-16)26-20(28)25-17-9-5-6-15(12-17)21(22,23)24/h2-13,27H,1H3,(H2,25,26,28).